The topological polar surface area (TPSA) is 33.1 Å². The summed E-state index contributed by atoms with van der Waals surface area (Å²) in [6.45, 7) is 0. The summed E-state index contributed by atoms with van der Waals surface area (Å²) in [4.78, 5) is 4.65. The summed E-state index contributed by atoms with van der Waals surface area (Å²) in [5.74, 6) is 0. The van der Waals surface area contributed by atoms with Gasteiger partial charge in [0.1, 0.15) is 0 Å². The predicted molar refractivity (Wildman–Crippen MR) is 73.5 cm³/mol. The van der Waals surface area contributed by atoms with E-state index in [0.717, 1.165) is 42.3 Å². The highest BCUT2D eigenvalue weighted by Gasteiger charge is 2.29. The molecule has 0 amide bonds. The Morgan fingerprint density at radius 2 is 1.78 bits per heavy atom. The molecule has 18 heavy (non-hydrogen) atoms. The molecule has 1 heterocycles. The summed E-state index contributed by atoms with van der Waals surface area (Å²) in [7, 11) is 0. The third-order valence-corrected chi connectivity index (χ3v) is 3.95. The van der Waals surface area contributed by atoms with Crippen LogP contribution in [0.4, 0.5) is 0 Å². The van der Waals surface area contributed by atoms with Crippen LogP contribution in [0.1, 0.15) is 37.8 Å². The molecule has 1 aromatic heterocycles. The average molecular weight is 241 g/mol. The fourth-order valence-electron chi connectivity index (χ4n) is 2.93. The van der Waals surface area contributed by atoms with Crippen molar-refractivity contribution >= 4 is 10.9 Å². The van der Waals surface area contributed by atoms with E-state index in [1.54, 1.807) is 0 Å². The minimum Gasteiger partial charge on any atom is -0.389 e. The molecule has 0 aliphatic heterocycles. The highest BCUT2D eigenvalue weighted by molar-refractivity contribution is 5.78. The number of hydrogen-bond acceptors (Lipinski definition) is 2. The lowest BCUT2D eigenvalue weighted by atomic mass is 9.81. The average Bonchev–Trinajstić information content (AvgIpc) is 2.39. The smallest absolute Gasteiger partial charge is 0.0705 e. The summed E-state index contributed by atoms with van der Waals surface area (Å²) in [5, 5.41) is 11.7. The summed E-state index contributed by atoms with van der Waals surface area (Å²) in [6.07, 6.45) is 6.07. The number of para-hydroxylation sites is 1. The molecule has 2 nitrogen and oxygen atoms in total. The SMILES string of the molecule is OC1(Cc2ccc3ccccc3n2)CCCCC1. The zero-order valence-corrected chi connectivity index (χ0v) is 10.6. The van der Waals surface area contributed by atoms with E-state index in [1.165, 1.54) is 6.42 Å². The number of aliphatic hydroxyl groups is 1. The van der Waals surface area contributed by atoms with E-state index in [2.05, 4.69) is 23.2 Å². The van der Waals surface area contributed by atoms with Crippen molar-refractivity contribution in [2.24, 2.45) is 0 Å². The van der Waals surface area contributed by atoms with Crippen LogP contribution in [0.5, 0.6) is 0 Å². The number of fused-ring (bicyclic) bond motifs is 1. The summed E-state index contributed by atoms with van der Waals surface area (Å²) >= 11 is 0. The van der Waals surface area contributed by atoms with Crippen molar-refractivity contribution in [3.63, 3.8) is 0 Å². The van der Waals surface area contributed by atoms with E-state index >= 15 is 0 Å². The molecule has 0 saturated heterocycles. The van der Waals surface area contributed by atoms with Crippen molar-refractivity contribution in [1.82, 2.24) is 4.98 Å². The van der Waals surface area contributed by atoms with Gasteiger partial charge in [0.25, 0.3) is 0 Å². The first-order valence-corrected chi connectivity index (χ1v) is 6.82. The molecule has 1 N–H and O–H groups in total. The second kappa shape index (κ2) is 4.69. The molecule has 0 spiro atoms. The van der Waals surface area contributed by atoms with Gasteiger partial charge in [-0.3, -0.25) is 4.98 Å². The van der Waals surface area contributed by atoms with Crippen LogP contribution in [-0.4, -0.2) is 15.7 Å². The molecule has 0 radical (unpaired) electrons. The molecule has 0 unspecified atom stereocenters. The number of hydrogen-bond donors (Lipinski definition) is 1. The number of nitrogens with zero attached hydrogens (tertiary/aromatic N) is 1. The molecule has 1 aliphatic carbocycles. The molecule has 3 rings (SSSR count). The minimum absolute atomic E-state index is 0.520. The molecule has 1 aliphatic rings. The summed E-state index contributed by atoms with van der Waals surface area (Å²) in [5.41, 5.74) is 1.51. The van der Waals surface area contributed by atoms with E-state index < -0.39 is 5.60 Å². The first-order valence-electron chi connectivity index (χ1n) is 6.82. The van der Waals surface area contributed by atoms with Crippen LogP contribution in [0.25, 0.3) is 10.9 Å². The van der Waals surface area contributed by atoms with E-state index in [1.807, 2.05) is 18.2 Å². The van der Waals surface area contributed by atoms with Crippen molar-refractivity contribution in [1.29, 1.82) is 0 Å². The Morgan fingerprint density at radius 3 is 2.61 bits per heavy atom. The maximum Gasteiger partial charge on any atom is 0.0705 e. The van der Waals surface area contributed by atoms with Gasteiger partial charge in [-0.2, -0.15) is 0 Å². The highest BCUT2D eigenvalue weighted by Crippen LogP contribution is 2.31. The second-order valence-electron chi connectivity index (χ2n) is 5.46. The van der Waals surface area contributed by atoms with Gasteiger partial charge in [0.15, 0.2) is 0 Å². The van der Waals surface area contributed by atoms with Gasteiger partial charge < -0.3 is 5.11 Å². The minimum atomic E-state index is -0.520. The van der Waals surface area contributed by atoms with Crippen LogP contribution < -0.4 is 0 Å². The lowest BCUT2D eigenvalue weighted by molar-refractivity contribution is 0.00373. The zero-order chi connectivity index (χ0) is 12.4. The highest BCUT2D eigenvalue weighted by atomic mass is 16.3. The third-order valence-electron chi connectivity index (χ3n) is 3.95. The lowest BCUT2D eigenvalue weighted by Gasteiger charge is -2.31. The fraction of sp³-hybridized carbons (Fsp3) is 0.438. The summed E-state index contributed by atoms with van der Waals surface area (Å²) in [6, 6.07) is 12.3. The van der Waals surface area contributed by atoms with Gasteiger partial charge in [-0.25, -0.2) is 0 Å². The Balaban J connectivity index is 1.85. The number of pyridine rings is 1. The van der Waals surface area contributed by atoms with E-state index in [4.69, 9.17) is 0 Å². The Hall–Kier alpha value is -1.41. The van der Waals surface area contributed by atoms with Gasteiger partial charge in [0, 0.05) is 17.5 Å². The molecular weight excluding hydrogens is 222 g/mol. The van der Waals surface area contributed by atoms with E-state index in [-0.39, 0.29) is 0 Å². The normalized spacial score (nSPS) is 18.9. The van der Waals surface area contributed by atoms with Crippen LogP contribution in [0.3, 0.4) is 0 Å². The quantitative estimate of drug-likeness (QED) is 0.873. The molecule has 0 atom stereocenters. The number of benzene rings is 1. The molecule has 2 heteroatoms. The molecular formula is C16H19NO. The van der Waals surface area contributed by atoms with Crippen LogP contribution >= 0.6 is 0 Å². The van der Waals surface area contributed by atoms with E-state index in [0.29, 0.717) is 6.42 Å². The van der Waals surface area contributed by atoms with Gasteiger partial charge in [-0.05, 0) is 25.0 Å². The number of rotatable bonds is 2. The van der Waals surface area contributed by atoms with Gasteiger partial charge in [-0.1, -0.05) is 43.5 Å². The second-order valence-corrected chi connectivity index (χ2v) is 5.46. The maximum atomic E-state index is 10.6. The van der Waals surface area contributed by atoms with Gasteiger partial charge in [-0.15, -0.1) is 0 Å². The molecule has 0 bridgehead atoms. The Kier molecular flexibility index (Phi) is 3.04. The van der Waals surface area contributed by atoms with Crippen molar-refractivity contribution in [2.45, 2.75) is 44.1 Å². The Bertz CT molecular complexity index is 544. The first kappa shape index (κ1) is 11.7. The first-order chi connectivity index (χ1) is 8.75. The van der Waals surface area contributed by atoms with Crippen LogP contribution in [0.2, 0.25) is 0 Å². The fourth-order valence-corrected chi connectivity index (χ4v) is 2.93. The van der Waals surface area contributed by atoms with Crippen molar-refractivity contribution in [3.05, 3.63) is 42.1 Å². The maximum absolute atomic E-state index is 10.6. The summed E-state index contributed by atoms with van der Waals surface area (Å²) < 4.78 is 0. The lowest BCUT2D eigenvalue weighted by Crippen LogP contribution is -2.34. The van der Waals surface area contributed by atoms with Crippen LogP contribution in [-0.2, 0) is 6.42 Å². The largest absolute Gasteiger partial charge is 0.389 e. The standard InChI is InChI=1S/C16H19NO/c18-16(10-4-1-5-11-16)12-14-9-8-13-6-2-3-7-15(13)17-14/h2-3,6-9,18H,1,4-5,10-12H2. The van der Waals surface area contributed by atoms with Crippen LogP contribution in [0, 0.1) is 0 Å². The van der Waals surface area contributed by atoms with Crippen molar-refractivity contribution < 1.29 is 5.11 Å². The molecule has 2 aromatic rings. The Morgan fingerprint density at radius 1 is 1.00 bits per heavy atom. The van der Waals surface area contributed by atoms with Crippen molar-refractivity contribution in [3.8, 4) is 0 Å². The van der Waals surface area contributed by atoms with E-state index in [9.17, 15) is 5.11 Å². The zero-order valence-electron chi connectivity index (χ0n) is 10.6. The molecule has 1 fully saturated rings. The number of aromatic nitrogens is 1. The monoisotopic (exact) mass is 241 g/mol. The van der Waals surface area contributed by atoms with Crippen molar-refractivity contribution in [2.75, 3.05) is 0 Å². The third kappa shape index (κ3) is 2.39. The van der Waals surface area contributed by atoms with Gasteiger partial charge in [0.2, 0.25) is 0 Å². The molecule has 1 aromatic carbocycles. The Labute approximate surface area is 108 Å². The van der Waals surface area contributed by atoms with Gasteiger partial charge >= 0.3 is 0 Å². The molecule has 94 valence electrons. The molecule has 1 saturated carbocycles. The predicted octanol–water partition coefficient (Wildman–Crippen LogP) is 3.47. The van der Waals surface area contributed by atoms with Crippen LogP contribution in [0.15, 0.2) is 36.4 Å². The van der Waals surface area contributed by atoms with Gasteiger partial charge in [0.05, 0.1) is 11.1 Å².